The average molecular weight is 346 g/mol. The van der Waals surface area contributed by atoms with Crippen LogP contribution in [-0.4, -0.2) is 32.9 Å². The lowest BCUT2D eigenvalue weighted by Crippen LogP contribution is -2.31. The highest BCUT2D eigenvalue weighted by Crippen LogP contribution is 2.38. The summed E-state index contributed by atoms with van der Waals surface area (Å²) in [5.41, 5.74) is 0.658. The Morgan fingerprint density at radius 1 is 1.37 bits per heavy atom. The maximum atomic E-state index is 11.8. The van der Waals surface area contributed by atoms with Crippen LogP contribution in [0, 0.1) is 0 Å². The monoisotopic (exact) mass is 345 g/mol. The smallest absolute Gasteiger partial charge is 0.177 e. The summed E-state index contributed by atoms with van der Waals surface area (Å²) in [5, 5.41) is 3.36. The van der Waals surface area contributed by atoms with Crippen molar-refractivity contribution in [3.05, 3.63) is 22.7 Å². The van der Waals surface area contributed by atoms with Gasteiger partial charge in [0.2, 0.25) is 0 Å². The van der Waals surface area contributed by atoms with Crippen molar-refractivity contribution in [3.8, 4) is 0 Å². The van der Waals surface area contributed by atoms with E-state index in [0.29, 0.717) is 16.7 Å². The van der Waals surface area contributed by atoms with E-state index < -0.39 is 9.84 Å². The first-order chi connectivity index (χ1) is 8.95. The van der Waals surface area contributed by atoms with Crippen LogP contribution in [0.15, 0.2) is 27.6 Å². The Labute approximate surface area is 121 Å². The summed E-state index contributed by atoms with van der Waals surface area (Å²) in [6.07, 6.45) is 4.92. The first-order valence-corrected chi connectivity index (χ1v) is 9.04. The molecule has 0 spiro atoms. The number of anilines is 1. The van der Waals surface area contributed by atoms with E-state index in [-0.39, 0.29) is 12.1 Å². The van der Waals surface area contributed by atoms with Crippen LogP contribution < -0.4 is 5.32 Å². The molecule has 0 aromatic heterocycles. The van der Waals surface area contributed by atoms with Crippen LogP contribution in [0.4, 0.5) is 5.69 Å². The second-order valence-electron chi connectivity index (χ2n) is 5.25. The van der Waals surface area contributed by atoms with Crippen molar-refractivity contribution in [2.24, 2.45) is 0 Å². The molecule has 2 fully saturated rings. The van der Waals surface area contributed by atoms with Crippen molar-refractivity contribution in [3.63, 3.8) is 0 Å². The lowest BCUT2D eigenvalue weighted by atomic mass is 9.95. The number of halogens is 1. The van der Waals surface area contributed by atoms with E-state index in [1.54, 1.807) is 12.1 Å². The number of hydrogen-bond acceptors (Lipinski definition) is 4. The van der Waals surface area contributed by atoms with Gasteiger partial charge in [-0.25, -0.2) is 8.42 Å². The molecule has 1 N–H and O–H groups in total. The third-order valence-electron chi connectivity index (χ3n) is 3.81. The number of para-hydroxylation sites is 1. The summed E-state index contributed by atoms with van der Waals surface area (Å²) in [6.45, 7) is 0. The molecule has 4 nitrogen and oxygen atoms in total. The molecule has 0 amide bonds. The van der Waals surface area contributed by atoms with Crippen LogP contribution in [0.2, 0.25) is 0 Å². The molecule has 2 heterocycles. The molecule has 2 saturated heterocycles. The molecule has 0 aliphatic carbocycles. The molecule has 2 aliphatic heterocycles. The predicted octanol–water partition coefficient (Wildman–Crippen LogP) is 2.58. The third-order valence-corrected chi connectivity index (χ3v) is 5.61. The van der Waals surface area contributed by atoms with Gasteiger partial charge in [-0.15, -0.1) is 0 Å². The number of rotatable bonds is 3. The third kappa shape index (κ3) is 2.53. The number of hydrogen-bond donors (Lipinski definition) is 1. The van der Waals surface area contributed by atoms with Crippen molar-refractivity contribution in [1.29, 1.82) is 0 Å². The van der Waals surface area contributed by atoms with E-state index in [9.17, 15) is 8.42 Å². The molecule has 1 aromatic carbocycles. The van der Waals surface area contributed by atoms with Crippen molar-refractivity contribution in [2.75, 3.05) is 11.6 Å². The number of benzene rings is 1. The molecule has 3 unspecified atom stereocenters. The minimum absolute atomic E-state index is 0.206. The molecular formula is C13H16BrNO3S. The van der Waals surface area contributed by atoms with Gasteiger partial charge in [0.15, 0.2) is 9.84 Å². The highest BCUT2D eigenvalue weighted by atomic mass is 79.9. The summed E-state index contributed by atoms with van der Waals surface area (Å²) in [7, 11) is -3.24. The van der Waals surface area contributed by atoms with Crippen LogP contribution in [-0.2, 0) is 14.6 Å². The van der Waals surface area contributed by atoms with Gasteiger partial charge in [0.05, 0.1) is 28.8 Å². The second kappa shape index (κ2) is 4.75. The summed E-state index contributed by atoms with van der Waals surface area (Å²) >= 11 is 3.43. The SMILES string of the molecule is CS(=O)(=O)c1cccc(Br)c1NC1CC2CCC1O2. The van der Waals surface area contributed by atoms with Gasteiger partial charge in [-0.05, 0) is 47.3 Å². The van der Waals surface area contributed by atoms with Crippen LogP contribution in [0.3, 0.4) is 0 Å². The quantitative estimate of drug-likeness (QED) is 0.914. The summed E-state index contributed by atoms with van der Waals surface area (Å²) in [5.74, 6) is 0. The van der Waals surface area contributed by atoms with Crippen LogP contribution >= 0.6 is 15.9 Å². The predicted molar refractivity (Wildman–Crippen MR) is 77.2 cm³/mol. The lowest BCUT2D eigenvalue weighted by Gasteiger charge is -2.23. The maximum absolute atomic E-state index is 11.8. The molecule has 2 bridgehead atoms. The van der Waals surface area contributed by atoms with Crippen LogP contribution in [0.5, 0.6) is 0 Å². The van der Waals surface area contributed by atoms with Gasteiger partial charge >= 0.3 is 0 Å². The normalized spacial score (nSPS) is 29.7. The molecule has 104 valence electrons. The zero-order valence-electron chi connectivity index (χ0n) is 10.6. The van der Waals surface area contributed by atoms with E-state index in [4.69, 9.17) is 4.74 Å². The fourth-order valence-corrected chi connectivity index (χ4v) is 4.41. The van der Waals surface area contributed by atoms with Crippen molar-refractivity contribution in [2.45, 2.75) is 42.4 Å². The Balaban J connectivity index is 1.92. The highest BCUT2D eigenvalue weighted by molar-refractivity contribution is 9.10. The number of fused-ring (bicyclic) bond motifs is 2. The van der Waals surface area contributed by atoms with Crippen molar-refractivity contribution in [1.82, 2.24) is 0 Å². The average Bonchev–Trinajstić information content (AvgIpc) is 2.92. The summed E-state index contributed by atoms with van der Waals surface area (Å²) < 4.78 is 30.3. The molecule has 6 heteroatoms. The van der Waals surface area contributed by atoms with Gasteiger partial charge in [-0.1, -0.05) is 6.07 Å². The van der Waals surface area contributed by atoms with Gasteiger partial charge in [0, 0.05) is 10.7 Å². The van der Waals surface area contributed by atoms with Gasteiger partial charge in [-0.3, -0.25) is 0 Å². The first kappa shape index (κ1) is 13.4. The van der Waals surface area contributed by atoms with Gasteiger partial charge in [-0.2, -0.15) is 0 Å². The number of ether oxygens (including phenoxy) is 1. The maximum Gasteiger partial charge on any atom is 0.177 e. The molecule has 0 radical (unpaired) electrons. The Morgan fingerprint density at radius 2 is 2.16 bits per heavy atom. The number of nitrogens with one attached hydrogen (secondary N) is 1. The van der Waals surface area contributed by atoms with Crippen molar-refractivity contribution < 1.29 is 13.2 Å². The zero-order chi connectivity index (χ0) is 13.6. The number of sulfone groups is 1. The van der Waals surface area contributed by atoms with Crippen molar-refractivity contribution >= 4 is 31.5 Å². The molecule has 3 rings (SSSR count). The molecule has 2 aliphatic rings. The lowest BCUT2D eigenvalue weighted by molar-refractivity contribution is 0.102. The summed E-state index contributed by atoms with van der Waals surface area (Å²) in [6, 6.07) is 5.43. The van der Waals surface area contributed by atoms with E-state index in [1.807, 2.05) is 6.07 Å². The zero-order valence-corrected chi connectivity index (χ0v) is 13.0. The Morgan fingerprint density at radius 3 is 2.74 bits per heavy atom. The fraction of sp³-hybridized carbons (Fsp3) is 0.538. The Bertz CT molecular complexity index is 602. The van der Waals surface area contributed by atoms with E-state index in [2.05, 4.69) is 21.2 Å². The fourth-order valence-electron chi connectivity index (χ4n) is 2.93. The standard InChI is InChI=1S/C13H16BrNO3S/c1-19(16,17)12-4-2-3-9(14)13(12)15-10-7-8-5-6-11(10)18-8/h2-4,8,10-11,15H,5-7H2,1H3. The molecule has 19 heavy (non-hydrogen) atoms. The van der Waals surface area contributed by atoms with Crippen LogP contribution in [0.25, 0.3) is 0 Å². The van der Waals surface area contributed by atoms with Gasteiger partial charge in [0.25, 0.3) is 0 Å². The molecule has 3 atom stereocenters. The van der Waals surface area contributed by atoms with Gasteiger partial charge < -0.3 is 10.1 Å². The Kier molecular flexibility index (Phi) is 3.35. The van der Waals surface area contributed by atoms with E-state index >= 15 is 0 Å². The highest BCUT2D eigenvalue weighted by Gasteiger charge is 2.41. The minimum Gasteiger partial charge on any atom is -0.378 e. The Hall–Kier alpha value is -0.590. The summed E-state index contributed by atoms with van der Waals surface area (Å²) in [4.78, 5) is 0.338. The second-order valence-corrected chi connectivity index (χ2v) is 8.08. The minimum atomic E-state index is -3.24. The molecule has 0 saturated carbocycles. The first-order valence-electron chi connectivity index (χ1n) is 6.36. The van der Waals surface area contributed by atoms with E-state index in [0.717, 1.165) is 23.7 Å². The molecule has 1 aromatic rings. The van der Waals surface area contributed by atoms with E-state index in [1.165, 1.54) is 6.26 Å². The molecular weight excluding hydrogens is 330 g/mol. The van der Waals surface area contributed by atoms with Gasteiger partial charge in [0.1, 0.15) is 0 Å². The topological polar surface area (TPSA) is 55.4 Å². The van der Waals surface area contributed by atoms with Crippen LogP contribution in [0.1, 0.15) is 19.3 Å². The largest absolute Gasteiger partial charge is 0.378 e.